The van der Waals surface area contributed by atoms with Crippen LogP contribution in [0.5, 0.6) is 5.75 Å². The number of carboxylic acid groups (broad SMARTS) is 1. The van der Waals surface area contributed by atoms with Crippen LogP contribution < -0.4 is 9.64 Å². The molecule has 1 unspecified atom stereocenters. The predicted molar refractivity (Wildman–Crippen MR) is 115 cm³/mol. The fourth-order valence-electron chi connectivity index (χ4n) is 1.90. The van der Waals surface area contributed by atoms with Gasteiger partial charge in [-0.2, -0.15) is 0 Å². The molecule has 0 aliphatic heterocycles. The Morgan fingerprint density at radius 3 is 2.39 bits per heavy atom. The largest absolute Gasteiger partial charge is 0.479 e. The number of unbranched alkanes of at least 4 members (excludes halogenated alkanes) is 1. The predicted octanol–water partition coefficient (Wildman–Crippen LogP) is 4.51. The van der Waals surface area contributed by atoms with Crippen molar-refractivity contribution in [1.82, 2.24) is 0 Å². The van der Waals surface area contributed by atoms with Crippen molar-refractivity contribution in [2.45, 2.75) is 39.2 Å². The Kier molecular flexibility index (Phi) is 8.83. The lowest BCUT2D eigenvalue weighted by Gasteiger charge is -2.23. The van der Waals surface area contributed by atoms with Crippen molar-refractivity contribution in [2.75, 3.05) is 11.9 Å². The first-order chi connectivity index (χ1) is 10.7. The van der Waals surface area contributed by atoms with Crippen LogP contribution in [0.4, 0.5) is 5.69 Å². The molecule has 0 bridgehead atoms. The van der Waals surface area contributed by atoms with E-state index in [0.29, 0.717) is 12.2 Å². The highest BCUT2D eigenvalue weighted by molar-refractivity contribution is 14.1. The average molecular weight is 657 g/mol. The first-order valence-electron chi connectivity index (χ1n) is 7.01. The molecule has 5 nitrogen and oxygen atoms in total. The van der Waals surface area contributed by atoms with Crippen molar-refractivity contribution < 1.29 is 19.4 Å². The monoisotopic (exact) mass is 657 g/mol. The molecule has 0 saturated carbocycles. The van der Waals surface area contributed by atoms with E-state index < -0.39 is 12.1 Å². The third-order valence-corrected chi connectivity index (χ3v) is 5.89. The molecule has 1 amide bonds. The Morgan fingerprint density at radius 2 is 1.91 bits per heavy atom. The van der Waals surface area contributed by atoms with Gasteiger partial charge in [0, 0.05) is 17.5 Å². The lowest BCUT2D eigenvalue weighted by molar-refractivity contribution is -0.145. The van der Waals surface area contributed by atoms with Gasteiger partial charge in [0.15, 0.2) is 6.10 Å². The molecule has 0 saturated heterocycles. The molecule has 0 aromatic heterocycles. The van der Waals surface area contributed by atoms with Crippen molar-refractivity contribution in [3.63, 3.8) is 0 Å². The number of hydrogen-bond acceptors (Lipinski definition) is 3. The topological polar surface area (TPSA) is 66.8 Å². The summed E-state index contributed by atoms with van der Waals surface area (Å²) in [7, 11) is 1.70. The minimum Gasteiger partial charge on any atom is -0.479 e. The van der Waals surface area contributed by atoms with E-state index in [9.17, 15) is 14.7 Å². The van der Waals surface area contributed by atoms with Crippen molar-refractivity contribution in [3.05, 3.63) is 16.8 Å². The Bertz CT molecular complexity index is 607. The van der Waals surface area contributed by atoms with Crippen LogP contribution in [-0.4, -0.2) is 30.1 Å². The summed E-state index contributed by atoms with van der Waals surface area (Å²) >= 11 is 6.42. The molecule has 0 spiro atoms. The SMILES string of the molecule is CCCCC(Oc1c(I)cc(I)c(N(C)C(C)=O)c1I)C(=O)O. The standard InChI is InChI=1S/C15H18I3NO4/c1-4-5-6-11(15(21)22)23-14-10(17)7-9(16)13(12(14)18)19(3)8(2)20/h7,11H,4-6H2,1-3H3,(H,21,22). The number of ether oxygens (including phenoxy) is 1. The molecule has 1 aromatic rings. The third-order valence-electron chi connectivity index (χ3n) is 3.27. The quantitative estimate of drug-likeness (QED) is 0.439. The minimum atomic E-state index is -0.968. The molecular formula is C15H18I3NO4. The summed E-state index contributed by atoms with van der Waals surface area (Å²) in [5, 5.41) is 9.37. The fourth-order valence-corrected chi connectivity index (χ4v) is 6.25. The van der Waals surface area contributed by atoms with E-state index in [-0.39, 0.29) is 5.91 Å². The maximum absolute atomic E-state index is 11.7. The molecule has 1 N–H and O–H groups in total. The van der Waals surface area contributed by atoms with Crippen molar-refractivity contribution in [2.24, 2.45) is 0 Å². The summed E-state index contributed by atoms with van der Waals surface area (Å²) in [6.45, 7) is 3.50. The smallest absolute Gasteiger partial charge is 0.344 e. The zero-order chi connectivity index (χ0) is 17.7. The van der Waals surface area contributed by atoms with Gasteiger partial charge in [-0.3, -0.25) is 4.79 Å². The van der Waals surface area contributed by atoms with E-state index >= 15 is 0 Å². The molecule has 8 heteroatoms. The average Bonchev–Trinajstić information content (AvgIpc) is 2.45. The lowest BCUT2D eigenvalue weighted by atomic mass is 10.1. The Hall–Kier alpha value is 0.150. The second-order valence-electron chi connectivity index (χ2n) is 5.00. The number of amides is 1. The van der Waals surface area contributed by atoms with E-state index in [1.54, 1.807) is 11.9 Å². The summed E-state index contributed by atoms with van der Waals surface area (Å²) in [6, 6.07) is 1.89. The molecule has 23 heavy (non-hydrogen) atoms. The van der Waals surface area contributed by atoms with Gasteiger partial charge in [-0.25, -0.2) is 4.79 Å². The maximum atomic E-state index is 11.7. The first-order valence-corrected chi connectivity index (χ1v) is 10.3. The van der Waals surface area contributed by atoms with Crippen LogP contribution in [0, 0.1) is 10.7 Å². The van der Waals surface area contributed by atoms with Crippen molar-refractivity contribution >= 4 is 85.3 Å². The number of hydrogen-bond donors (Lipinski definition) is 1. The van der Waals surface area contributed by atoms with Gasteiger partial charge in [0.05, 0.1) is 12.8 Å². The molecule has 0 fully saturated rings. The molecule has 128 valence electrons. The van der Waals surface area contributed by atoms with Crippen LogP contribution >= 0.6 is 67.8 Å². The van der Waals surface area contributed by atoms with Gasteiger partial charge in [0.25, 0.3) is 0 Å². The molecule has 1 atom stereocenters. The summed E-state index contributed by atoms with van der Waals surface area (Å²) in [4.78, 5) is 24.7. The normalized spacial score (nSPS) is 11.9. The number of nitrogens with zero attached hydrogens (tertiary/aromatic N) is 1. The molecular weight excluding hydrogens is 639 g/mol. The van der Waals surface area contributed by atoms with Crippen LogP contribution in [0.25, 0.3) is 0 Å². The Balaban J connectivity index is 3.27. The van der Waals surface area contributed by atoms with E-state index in [0.717, 1.165) is 29.2 Å². The van der Waals surface area contributed by atoms with Gasteiger partial charge in [-0.1, -0.05) is 13.3 Å². The number of carboxylic acids is 1. The highest BCUT2D eigenvalue weighted by Crippen LogP contribution is 2.39. The number of benzene rings is 1. The molecule has 0 radical (unpaired) electrons. The molecule has 0 aliphatic carbocycles. The molecule has 1 rings (SSSR count). The van der Waals surface area contributed by atoms with Crippen LogP contribution in [0.15, 0.2) is 6.07 Å². The third kappa shape index (κ3) is 5.58. The Labute approximate surface area is 176 Å². The fraction of sp³-hybridized carbons (Fsp3) is 0.467. The summed E-state index contributed by atoms with van der Waals surface area (Å²) in [5.41, 5.74) is 0.744. The number of carbonyl (C=O) groups is 2. The van der Waals surface area contributed by atoms with Crippen LogP contribution in [-0.2, 0) is 9.59 Å². The number of rotatable bonds is 7. The molecule has 0 aliphatic rings. The first kappa shape index (κ1) is 21.2. The summed E-state index contributed by atoms with van der Waals surface area (Å²) < 4.78 is 8.31. The van der Waals surface area contributed by atoms with E-state index in [1.165, 1.54) is 6.92 Å². The second-order valence-corrected chi connectivity index (χ2v) is 8.40. The highest BCUT2D eigenvalue weighted by atomic mass is 127. The van der Waals surface area contributed by atoms with Crippen LogP contribution in [0.1, 0.15) is 33.1 Å². The number of halogens is 3. The van der Waals surface area contributed by atoms with Crippen molar-refractivity contribution in [1.29, 1.82) is 0 Å². The molecule has 0 heterocycles. The molecule has 1 aromatic carbocycles. The Morgan fingerprint density at radius 1 is 1.30 bits per heavy atom. The maximum Gasteiger partial charge on any atom is 0.344 e. The number of carbonyl (C=O) groups excluding carboxylic acids is 1. The lowest BCUT2D eigenvalue weighted by Crippen LogP contribution is -2.29. The van der Waals surface area contributed by atoms with Crippen molar-refractivity contribution in [3.8, 4) is 5.75 Å². The highest BCUT2D eigenvalue weighted by Gasteiger charge is 2.25. The van der Waals surface area contributed by atoms with Gasteiger partial charge >= 0.3 is 5.97 Å². The summed E-state index contributed by atoms with van der Waals surface area (Å²) in [5.74, 6) is -0.531. The van der Waals surface area contributed by atoms with Gasteiger partial charge in [-0.15, -0.1) is 0 Å². The van der Waals surface area contributed by atoms with Gasteiger partial charge in [0.1, 0.15) is 5.75 Å². The van der Waals surface area contributed by atoms with Gasteiger partial charge in [0.2, 0.25) is 5.91 Å². The van der Waals surface area contributed by atoms with E-state index in [4.69, 9.17) is 4.74 Å². The number of anilines is 1. The minimum absolute atomic E-state index is 0.0891. The van der Waals surface area contributed by atoms with Crippen LogP contribution in [0.3, 0.4) is 0 Å². The van der Waals surface area contributed by atoms with Gasteiger partial charge in [-0.05, 0) is 86.7 Å². The van der Waals surface area contributed by atoms with E-state index in [1.807, 2.05) is 13.0 Å². The van der Waals surface area contributed by atoms with E-state index in [2.05, 4.69) is 67.8 Å². The summed E-state index contributed by atoms with van der Waals surface area (Å²) in [6.07, 6.45) is 1.27. The zero-order valence-electron chi connectivity index (χ0n) is 13.0. The second kappa shape index (κ2) is 9.59. The zero-order valence-corrected chi connectivity index (χ0v) is 19.5. The van der Waals surface area contributed by atoms with Crippen LogP contribution in [0.2, 0.25) is 0 Å². The number of aliphatic carboxylic acids is 1. The van der Waals surface area contributed by atoms with Gasteiger partial charge < -0.3 is 14.7 Å².